The number of nitrogens with zero attached hydrogens (tertiary/aromatic N) is 1. The van der Waals surface area contributed by atoms with E-state index in [1.807, 2.05) is 55.5 Å². The number of carbonyl (C=O) groups is 1. The minimum atomic E-state index is -3.20. The quantitative estimate of drug-likeness (QED) is 0.526. The summed E-state index contributed by atoms with van der Waals surface area (Å²) in [6, 6.07) is 19.1. The monoisotopic (exact) mass is 428 g/mol. The van der Waals surface area contributed by atoms with Crippen LogP contribution in [-0.2, 0) is 22.0 Å². The number of benzene rings is 2. The van der Waals surface area contributed by atoms with Gasteiger partial charge in [-0.05, 0) is 24.5 Å². The number of hydrogen-bond donors (Lipinski definition) is 1. The zero-order chi connectivity index (χ0) is 20.7. The van der Waals surface area contributed by atoms with Crippen LogP contribution in [-0.4, -0.2) is 31.6 Å². The highest BCUT2D eigenvalue weighted by Gasteiger charge is 2.16. The summed E-state index contributed by atoms with van der Waals surface area (Å²) in [5, 5.41) is 3.71. The highest BCUT2D eigenvalue weighted by atomic mass is 32.2. The van der Waals surface area contributed by atoms with Crippen molar-refractivity contribution in [2.75, 3.05) is 12.3 Å². The first-order valence-corrected chi connectivity index (χ1v) is 12.1. The van der Waals surface area contributed by atoms with Gasteiger partial charge in [-0.3, -0.25) is 4.79 Å². The maximum atomic E-state index is 12.5. The average molecular weight is 429 g/mol. The van der Waals surface area contributed by atoms with Gasteiger partial charge in [0.1, 0.15) is 4.88 Å². The number of aryl methyl sites for hydroxylation is 1. The van der Waals surface area contributed by atoms with Gasteiger partial charge in [0, 0.05) is 13.0 Å². The van der Waals surface area contributed by atoms with Crippen molar-refractivity contribution in [1.82, 2.24) is 10.3 Å². The van der Waals surface area contributed by atoms with Gasteiger partial charge >= 0.3 is 0 Å². The first-order valence-electron chi connectivity index (χ1n) is 9.46. The zero-order valence-electron chi connectivity index (χ0n) is 16.3. The van der Waals surface area contributed by atoms with Gasteiger partial charge < -0.3 is 5.32 Å². The number of sulfone groups is 1. The minimum Gasteiger partial charge on any atom is -0.351 e. The van der Waals surface area contributed by atoms with E-state index in [0.29, 0.717) is 30.0 Å². The van der Waals surface area contributed by atoms with E-state index in [9.17, 15) is 13.2 Å². The maximum absolute atomic E-state index is 12.5. The minimum absolute atomic E-state index is 0.0264. The van der Waals surface area contributed by atoms with E-state index in [4.69, 9.17) is 0 Å². The number of hydrogen-bond acceptors (Lipinski definition) is 5. The molecule has 0 bridgehead atoms. The number of aromatic nitrogens is 1. The molecule has 0 saturated heterocycles. The van der Waals surface area contributed by atoms with Crippen LogP contribution in [0.4, 0.5) is 0 Å². The summed E-state index contributed by atoms with van der Waals surface area (Å²) in [6.45, 7) is 2.14. The Kier molecular flexibility index (Phi) is 7.17. The third kappa shape index (κ3) is 6.51. The molecule has 0 aliphatic heterocycles. The lowest BCUT2D eigenvalue weighted by molar-refractivity contribution is 0.0957. The van der Waals surface area contributed by atoms with Crippen molar-refractivity contribution >= 4 is 27.1 Å². The standard InChI is InChI=1S/C22H24N2O3S2/c1-17-21(28-20(24-17)15-18-9-4-2-5-10-18)22(25)23-13-8-14-29(26,27)16-19-11-6-3-7-12-19/h2-7,9-12H,8,13-16H2,1H3,(H,23,25). The number of carbonyl (C=O) groups excluding carboxylic acids is 1. The van der Waals surface area contributed by atoms with E-state index in [1.165, 1.54) is 11.3 Å². The number of nitrogens with one attached hydrogen (secondary N) is 1. The van der Waals surface area contributed by atoms with Gasteiger partial charge in [-0.25, -0.2) is 13.4 Å². The van der Waals surface area contributed by atoms with E-state index >= 15 is 0 Å². The van der Waals surface area contributed by atoms with Crippen LogP contribution in [0.1, 0.15) is 37.9 Å². The maximum Gasteiger partial charge on any atom is 0.263 e. The molecule has 0 unspecified atom stereocenters. The van der Waals surface area contributed by atoms with Crippen molar-refractivity contribution in [1.29, 1.82) is 0 Å². The van der Waals surface area contributed by atoms with Crippen LogP contribution in [0.15, 0.2) is 60.7 Å². The molecule has 0 radical (unpaired) electrons. The van der Waals surface area contributed by atoms with Gasteiger partial charge in [0.2, 0.25) is 0 Å². The number of thiazole rings is 1. The predicted octanol–water partition coefficient (Wildman–Crippen LogP) is 3.78. The Morgan fingerprint density at radius 1 is 1.00 bits per heavy atom. The summed E-state index contributed by atoms with van der Waals surface area (Å²) in [6.07, 6.45) is 1.08. The first kappa shape index (κ1) is 21.2. The smallest absolute Gasteiger partial charge is 0.263 e. The zero-order valence-corrected chi connectivity index (χ0v) is 17.9. The Bertz CT molecular complexity index is 1050. The van der Waals surface area contributed by atoms with E-state index in [-0.39, 0.29) is 17.4 Å². The number of rotatable bonds is 9. The fourth-order valence-electron chi connectivity index (χ4n) is 2.98. The molecule has 1 aromatic heterocycles. The fourth-order valence-corrected chi connectivity index (χ4v) is 5.43. The first-order chi connectivity index (χ1) is 13.9. The SMILES string of the molecule is Cc1nc(Cc2ccccc2)sc1C(=O)NCCCS(=O)(=O)Cc1ccccc1. The highest BCUT2D eigenvalue weighted by Crippen LogP contribution is 2.20. The van der Waals surface area contributed by atoms with Crippen molar-refractivity contribution in [2.45, 2.75) is 25.5 Å². The Balaban J connectivity index is 1.48. The van der Waals surface area contributed by atoms with Crippen LogP contribution in [0, 0.1) is 6.92 Å². The van der Waals surface area contributed by atoms with Crippen LogP contribution in [0.3, 0.4) is 0 Å². The van der Waals surface area contributed by atoms with Gasteiger partial charge in [-0.15, -0.1) is 11.3 Å². The van der Waals surface area contributed by atoms with E-state index in [0.717, 1.165) is 16.1 Å². The lowest BCUT2D eigenvalue weighted by Gasteiger charge is -2.06. The van der Waals surface area contributed by atoms with Gasteiger partial charge in [0.25, 0.3) is 5.91 Å². The highest BCUT2D eigenvalue weighted by molar-refractivity contribution is 7.90. The van der Waals surface area contributed by atoms with Crippen molar-refractivity contribution in [2.24, 2.45) is 0 Å². The van der Waals surface area contributed by atoms with Crippen molar-refractivity contribution in [3.8, 4) is 0 Å². The normalized spacial score (nSPS) is 11.3. The van der Waals surface area contributed by atoms with Crippen LogP contribution >= 0.6 is 11.3 Å². The molecule has 0 saturated carbocycles. The number of amides is 1. The van der Waals surface area contributed by atoms with Gasteiger partial charge in [0.05, 0.1) is 22.2 Å². The summed E-state index contributed by atoms with van der Waals surface area (Å²) in [4.78, 5) is 17.5. The fraction of sp³-hybridized carbons (Fsp3) is 0.273. The molecule has 0 aliphatic rings. The Labute approximate surface area is 175 Å². The molecular formula is C22H24N2O3S2. The Morgan fingerprint density at radius 2 is 1.62 bits per heavy atom. The Morgan fingerprint density at radius 3 is 2.28 bits per heavy atom. The van der Waals surface area contributed by atoms with Crippen LogP contribution in [0.25, 0.3) is 0 Å². The largest absolute Gasteiger partial charge is 0.351 e. The molecule has 29 heavy (non-hydrogen) atoms. The lowest BCUT2D eigenvalue weighted by Crippen LogP contribution is -2.26. The molecule has 0 atom stereocenters. The van der Waals surface area contributed by atoms with Gasteiger partial charge in [-0.2, -0.15) is 0 Å². The second kappa shape index (κ2) is 9.80. The molecule has 152 valence electrons. The lowest BCUT2D eigenvalue weighted by atomic mass is 10.2. The molecule has 7 heteroatoms. The van der Waals surface area contributed by atoms with E-state index in [1.54, 1.807) is 12.1 Å². The van der Waals surface area contributed by atoms with E-state index < -0.39 is 9.84 Å². The summed E-state index contributed by atoms with van der Waals surface area (Å²) < 4.78 is 24.5. The third-order valence-corrected chi connectivity index (χ3v) is 7.23. The van der Waals surface area contributed by atoms with Gasteiger partial charge in [-0.1, -0.05) is 60.7 Å². The van der Waals surface area contributed by atoms with Crippen LogP contribution < -0.4 is 5.32 Å². The topological polar surface area (TPSA) is 76.1 Å². The van der Waals surface area contributed by atoms with Crippen molar-refractivity contribution in [3.05, 3.63) is 87.4 Å². The average Bonchev–Trinajstić information content (AvgIpc) is 3.06. The van der Waals surface area contributed by atoms with Crippen LogP contribution in [0.5, 0.6) is 0 Å². The van der Waals surface area contributed by atoms with Crippen LogP contribution in [0.2, 0.25) is 0 Å². The van der Waals surface area contributed by atoms with E-state index in [2.05, 4.69) is 10.3 Å². The summed E-state index contributed by atoms with van der Waals surface area (Å²) in [5.74, 6) is -0.124. The molecule has 0 spiro atoms. The molecule has 3 rings (SSSR count). The molecule has 1 N–H and O–H groups in total. The Hall–Kier alpha value is -2.51. The summed E-state index contributed by atoms with van der Waals surface area (Å²) >= 11 is 1.39. The molecule has 5 nitrogen and oxygen atoms in total. The van der Waals surface area contributed by atoms with Crippen molar-refractivity contribution in [3.63, 3.8) is 0 Å². The molecular weight excluding hydrogens is 404 g/mol. The molecule has 0 fully saturated rings. The second-order valence-corrected chi connectivity index (χ2v) is 10.1. The summed E-state index contributed by atoms with van der Waals surface area (Å²) in [7, 11) is -3.20. The molecule has 2 aromatic carbocycles. The molecule has 1 heterocycles. The molecule has 3 aromatic rings. The molecule has 1 amide bonds. The second-order valence-electron chi connectivity index (χ2n) is 6.87. The summed E-state index contributed by atoms with van der Waals surface area (Å²) in [5.41, 5.74) is 2.63. The van der Waals surface area contributed by atoms with Crippen molar-refractivity contribution < 1.29 is 13.2 Å². The molecule has 0 aliphatic carbocycles. The third-order valence-electron chi connectivity index (χ3n) is 4.39. The predicted molar refractivity (Wildman–Crippen MR) is 117 cm³/mol. The van der Waals surface area contributed by atoms with Gasteiger partial charge in [0.15, 0.2) is 9.84 Å².